The predicted molar refractivity (Wildman–Crippen MR) is 127 cm³/mol. The smallest absolute Gasteiger partial charge is 0.303 e. The number of ketones is 1. The van der Waals surface area contributed by atoms with E-state index in [4.69, 9.17) is 33.0 Å². The zero-order valence-corrected chi connectivity index (χ0v) is 20.3. The van der Waals surface area contributed by atoms with Gasteiger partial charge in [0.05, 0.1) is 11.6 Å². The third-order valence-electron chi connectivity index (χ3n) is 7.81. The number of halogens is 2. The van der Waals surface area contributed by atoms with Gasteiger partial charge in [-0.2, -0.15) is 0 Å². The maximum atomic E-state index is 13.8. The number of hydrogen-bond donors (Lipinski definition) is 1. The molecule has 0 saturated heterocycles. The predicted octanol–water partition coefficient (Wildman–Crippen LogP) is 7.51. The van der Waals surface area contributed by atoms with E-state index in [-0.39, 0.29) is 17.6 Å². The molecule has 0 aromatic heterocycles. The summed E-state index contributed by atoms with van der Waals surface area (Å²) in [6, 6.07) is 1.96. The van der Waals surface area contributed by atoms with Crippen molar-refractivity contribution in [1.82, 2.24) is 0 Å². The lowest BCUT2D eigenvalue weighted by molar-refractivity contribution is -0.137. The van der Waals surface area contributed by atoms with E-state index < -0.39 is 5.97 Å². The number of rotatable bonds is 12. The van der Waals surface area contributed by atoms with E-state index in [0.29, 0.717) is 40.3 Å². The molecule has 0 heterocycles. The number of carbonyl (C=O) groups excluding carboxylic acids is 1. The van der Waals surface area contributed by atoms with Crippen LogP contribution < -0.4 is 4.74 Å². The van der Waals surface area contributed by atoms with Crippen molar-refractivity contribution in [3.8, 4) is 5.75 Å². The Kier molecular flexibility index (Phi) is 7.72. The molecule has 2 saturated carbocycles. The van der Waals surface area contributed by atoms with E-state index in [0.717, 1.165) is 62.8 Å². The molecule has 0 spiro atoms. The van der Waals surface area contributed by atoms with Crippen LogP contribution in [-0.2, 0) is 11.2 Å². The lowest BCUT2D eigenvalue weighted by Crippen LogP contribution is -2.35. The number of hydrogen-bond acceptors (Lipinski definition) is 3. The first-order chi connectivity index (χ1) is 15.4. The lowest BCUT2D eigenvalue weighted by Gasteiger charge is -2.34. The third-order valence-corrected chi connectivity index (χ3v) is 8.66. The fraction of sp³-hybridized carbons (Fsp3) is 0.692. The Morgan fingerprint density at radius 2 is 1.78 bits per heavy atom. The summed E-state index contributed by atoms with van der Waals surface area (Å²) in [5, 5.41) is 9.41. The minimum Gasteiger partial charge on any atom is -0.492 e. The van der Waals surface area contributed by atoms with Crippen LogP contribution in [-0.4, -0.2) is 23.5 Å². The summed E-state index contributed by atoms with van der Waals surface area (Å²) >= 11 is 13.2. The van der Waals surface area contributed by atoms with Gasteiger partial charge in [-0.15, -0.1) is 0 Å². The SMILES string of the molecule is O=C(O)CCCCCCOc1cc2c(c(Cl)c1Cl)C(=O)C(CCC1CC1)(C1CCCC1)C2. The number of carboxylic acid groups (broad SMARTS) is 1. The van der Waals surface area contributed by atoms with E-state index in [1.54, 1.807) is 0 Å². The zero-order valence-electron chi connectivity index (χ0n) is 18.8. The molecule has 1 atom stereocenters. The van der Waals surface area contributed by atoms with E-state index in [9.17, 15) is 9.59 Å². The molecule has 2 fully saturated rings. The largest absolute Gasteiger partial charge is 0.492 e. The van der Waals surface area contributed by atoms with Crippen LogP contribution in [0.25, 0.3) is 0 Å². The Hall–Kier alpha value is -1.26. The first-order valence-electron chi connectivity index (χ1n) is 12.3. The molecular weight excluding hydrogens is 447 g/mol. The van der Waals surface area contributed by atoms with E-state index in [1.165, 1.54) is 25.7 Å². The molecule has 4 rings (SSSR count). The maximum absolute atomic E-state index is 13.8. The molecule has 0 bridgehead atoms. The van der Waals surface area contributed by atoms with Gasteiger partial charge < -0.3 is 9.84 Å². The number of aliphatic carboxylic acids is 1. The number of fused-ring (bicyclic) bond motifs is 1. The van der Waals surface area contributed by atoms with Crippen LogP contribution in [0.3, 0.4) is 0 Å². The van der Waals surface area contributed by atoms with Crippen molar-refractivity contribution < 1.29 is 19.4 Å². The molecule has 176 valence electrons. The van der Waals surface area contributed by atoms with Gasteiger partial charge >= 0.3 is 5.97 Å². The molecule has 1 aromatic rings. The number of ether oxygens (including phenoxy) is 1. The zero-order chi connectivity index (χ0) is 22.7. The summed E-state index contributed by atoms with van der Waals surface area (Å²) in [6.45, 7) is 0.505. The Morgan fingerprint density at radius 3 is 2.47 bits per heavy atom. The van der Waals surface area contributed by atoms with Crippen LogP contribution in [0.15, 0.2) is 6.07 Å². The van der Waals surface area contributed by atoms with Crippen molar-refractivity contribution in [3.05, 3.63) is 27.2 Å². The maximum Gasteiger partial charge on any atom is 0.303 e. The second-order valence-electron chi connectivity index (χ2n) is 10.1. The number of carboxylic acids is 1. The van der Waals surface area contributed by atoms with E-state index in [2.05, 4.69) is 0 Å². The van der Waals surface area contributed by atoms with Crippen molar-refractivity contribution >= 4 is 35.0 Å². The molecular formula is C26H34Cl2O4. The fourth-order valence-corrected chi connectivity index (χ4v) is 6.31. The van der Waals surface area contributed by atoms with Crippen LogP contribution in [0.1, 0.15) is 99.4 Å². The van der Waals surface area contributed by atoms with Crippen molar-refractivity contribution in [2.45, 2.75) is 89.9 Å². The van der Waals surface area contributed by atoms with Gasteiger partial charge in [0.25, 0.3) is 0 Å². The van der Waals surface area contributed by atoms with Gasteiger partial charge in [-0.1, -0.05) is 61.7 Å². The van der Waals surface area contributed by atoms with Gasteiger partial charge in [0, 0.05) is 17.4 Å². The topological polar surface area (TPSA) is 63.6 Å². The molecule has 32 heavy (non-hydrogen) atoms. The highest BCUT2D eigenvalue weighted by molar-refractivity contribution is 6.45. The Labute approximate surface area is 201 Å². The summed E-state index contributed by atoms with van der Waals surface area (Å²) in [5.41, 5.74) is 1.33. The van der Waals surface area contributed by atoms with Gasteiger partial charge in [0.15, 0.2) is 5.78 Å². The molecule has 6 heteroatoms. The minimum absolute atomic E-state index is 0.213. The standard InChI is InChI=1S/C26H34Cl2O4/c27-23-20(32-14-6-2-1-3-9-21(29)30)15-18-16-26(13-12-17-10-11-17,19-7-4-5-8-19)25(31)22(18)24(23)28/h15,17,19H,1-14,16H2,(H,29,30). The molecule has 1 N–H and O–H groups in total. The highest BCUT2D eigenvalue weighted by atomic mass is 35.5. The molecule has 1 aromatic carbocycles. The van der Waals surface area contributed by atoms with E-state index >= 15 is 0 Å². The Morgan fingerprint density at radius 1 is 1.06 bits per heavy atom. The minimum atomic E-state index is -0.749. The van der Waals surface area contributed by atoms with Crippen LogP contribution in [0.4, 0.5) is 0 Å². The summed E-state index contributed by atoms with van der Waals surface area (Å²) in [5.74, 6) is 1.29. The quantitative estimate of drug-likeness (QED) is 0.314. The highest BCUT2D eigenvalue weighted by Crippen LogP contribution is 2.56. The van der Waals surface area contributed by atoms with Gasteiger partial charge in [0.2, 0.25) is 0 Å². The molecule has 0 aliphatic heterocycles. The second kappa shape index (κ2) is 10.3. The van der Waals surface area contributed by atoms with Crippen molar-refractivity contribution in [1.29, 1.82) is 0 Å². The monoisotopic (exact) mass is 480 g/mol. The number of unbranched alkanes of at least 4 members (excludes halogenated alkanes) is 3. The molecule has 1 unspecified atom stereocenters. The average Bonchev–Trinajstić information content (AvgIpc) is 3.33. The third kappa shape index (κ3) is 5.12. The van der Waals surface area contributed by atoms with Crippen LogP contribution >= 0.6 is 23.2 Å². The first-order valence-corrected chi connectivity index (χ1v) is 13.1. The van der Waals surface area contributed by atoms with E-state index in [1.807, 2.05) is 6.07 Å². The highest BCUT2D eigenvalue weighted by Gasteiger charge is 2.52. The normalized spacial score (nSPS) is 23.0. The second-order valence-corrected chi connectivity index (χ2v) is 10.8. The Balaban J connectivity index is 1.44. The average molecular weight is 481 g/mol. The summed E-state index contributed by atoms with van der Waals surface area (Å²) in [6.07, 6.45) is 13.7. The van der Waals surface area contributed by atoms with Gasteiger partial charge in [0.1, 0.15) is 10.8 Å². The molecule has 4 nitrogen and oxygen atoms in total. The van der Waals surface area contributed by atoms with Gasteiger partial charge in [-0.25, -0.2) is 0 Å². The van der Waals surface area contributed by atoms with Crippen LogP contribution in [0.5, 0.6) is 5.75 Å². The van der Waals surface area contributed by atoms with Gasteiger partial charge in [-0.3, -0.25) is 9.59 Å². The van der Waals surface area contributed by atoms with Crippen LogP contribution in [0.2, 0.25) is 10.0 Å². The van der Waals surface area contributed by atoms with Crippen molar-refractivity contribution in [2.75, 3.05) is 6.61 Å². The molecule has 0 radical (unpaired) electrons. The van der Waals surface area contributed by atoms with Crippen LogP contribution in [0, 0.1) is 17.3 Å². The number of benzene rings is 1. The van der Waals surface area contributed by atoms with Crippen molar-refractivity contribution in [2.24, 2.45) is 17.3 Å². The van der Waals surface area contributed by atoms with Gasteiger partial charge in [-0.05, 0) is 68.4 Å². The summed E-state index contributed by atoms with van der Waals surface area (Å²) in [4.78, 5) is 24.4. The lowest BCUT2D eigenvalue weighted by atomic mass is 9.68. The number of Topliss-reactive ketones (excluding diaryl/α,β-unsaturated/α-hetero) is 1. The molecule has 3 aliphatic rings. The summed E-state index contributed by atoms with van der Waals surface area (Å²) < 4.78 is 5.96. The fourth-order valence-electron chi connectivity index (χ4n) is 5.81. The molecule has 0 amide bonds. The first kappa shape index (κ1) is 23.9. The van der Waals surface area contributed by atoms with Crippen molar-refractivity contribution in [3.63, 3.8) is 0 Å². The summed E-state index contributed by atoms with van der Waals surface area (Å²) in [7, 11) is 0. The molecule has 3 aliphatic carbocycles. The number of carbonyl (C=O) groups is 2. The Bertz CT molecular complexity index is 858.